The summed E-state index contributed by atoms with van der Waals surface area (Å²) in [6, 6.07) is 5.33. The van der Waals surface area contributed by atoms with Gasteiger partial charge in [0.1, 0.15) is 0 Å². The van der Waals surface area contributed by atoms with Gasteiger partial charge in [0.05, 0.1) is 25.4 Å². The van der Waals surface area contributed by atoms with Crippen LogP contribution >= 0.6 is 28.6 Å². The molecule has 1 aromatic carbocycles. The Hall–Kier alpha value is -0.560. The Bertz CT molecular complexity index is 414. The van der Waals surface area contributed by atoms with E-state index in [0.29, 0.717) is 18.7 Å². The number of hydrogen-bond acceptors (Lipinski definition) is 4. The van der Waals surface area contributed by atoms with Crippen LogP contribution in [0.2, 0.25) is 0 Å². The SMILES string of the molecule is CN(CCOCCO)C(=O)c1cc(S)ccc1Br. The minimum Gasteiger partial charge on any atom is -0.394 e. The first-order valence-corrected chi connectivity index (χ1v) is 6.73. The predicted octanol–water partition coefficient (Wildman–Crippen LogP) is 1.82. The smallest absolute Gasteiger partial charge is 0.254 e. The molecule has 0 saturated carbocycles. The van der Waals surface area contributed by atoms with E-state index in [0.717, 1.165) is 9.37 Å². The van der Waals surface area contributed by atoms with Crippen LogP contribution in [0.4, 0.5) is 0 Å². The van der Waals surface area contributed by atoms with Gasteiger partial charge in [0.25, 0.3) is 5.91 Å². The lowest BCUT2D eigenvalue weighted by Gasteiger charge is -2.18. The molecule has 18 heavy (non-hydrogen) atoms. The van der Waals surface area contributed by atoms with E-state index in [1.807, 2.05) is 6.07 Å². The van der Waals surface area contributed by atoms with Crippen molar-refractivity contribution in [3.63, 3.8) is 0 Å². The lowest BCUT2D eigenvalue weighted by molar-refractivity contribution is 0.0617. The van der Waals surface area contributed by atoms with Gasteiger partial charge in [-0.05, 0) is 34.1 Å². The normalized spacial score (nSPS) is 10.4. The standard InChI is InChI=1S/C12H16BrNO3S/c1-14(4-6-17-7-5-15)12(16)10-8-9(18)2-3-11(10)13/h2-3,8,15,18H,4-7H2,1H3. The molecule has 0 radical (unpaired) electrons. The van der Waals surface area contributed by atoms with Crippen LogP contribution in [0.3, 0.4) is 0 Å². The third-order valence-electron chi connectivity index (χ3n) is 2.33. The summed E-state index contributed by atoms with van der Waals surface area (Å²) in [4.78, 5) is 14.5. The number of carbonyl (C=O) groups is 1. The molecule has 6 heteroatoms. The minimum absolute atomic E-state index is 0.00902. The van der Waals surface area contributed by atoms with Gasteiger partial charge in [-0.25, -0.2) is 0 Å². The summed E-state index contributed by atoms with van der Waals surface area (Å²) >= 11 is 7.57. The van der Waals surface area contributed by atoms with Crippen molar-refractivity contribution < 1.29 is 14.6 Å². The van der Waals surface area contributed by atoms with Crippen LogP contribution in [0.15, 0.2) is 27.6 Å². The second kappa shape index (κ2) is 7.78. The molecule has 0 aliphatic heterocycles. The first-order valence-electron chi connectivity index (χ1n) is 5.49. The third kappa shape index (κ3) is 4.61. The molecule has 0 unspecified atom stereocenters. The number of nitrogens with zero attached hydrogens (tertiary/aromatic N) is 1. The van der Waals surface area contributed by atoms with Gasteiger partial charge in [-0.1, -0.05) is 0 Å². The summed E-state index contributed by atoms with van der Waals surface area (Å²) in [5, 5.41) is 8.57. The maximum Gasteiger partial charge on any atom is 0.254 e. The summed E-state index contributed by atoms with van der Waals surface area (Å²) in [5.41, 5.74) is 0.576. The second-order valence-corrected chi connectivity index (χ2v) is 5.10. The average molecular weight is 334 g/mol. The van der Waals surface area contributed by atoms with Crippen molar-refractivity contribution in [1.82, 2.24) is 4.90 Å². The molecule has 0 bridgehead atoms. The van der Waals surface area contributed by atoms with E-state index in [9.17, 15) is 4.79 Å². The number of hydrogen-bond donors (Lipinski definition) is 2. The number of ether oxygens (including phenoxy) is 1. The molecular weight excluding hydrogens is 318 g/mol. The summed E-state index contributed by atoms with van der Waals surface area (Å²) in [6.45, 7) is 1.16. The van der Waals surface area contributed by atoms with Gasteiger partial charge in [0.2, 0.25) is 0 Å². The molecule has 100 valence electrons. The lowest BCUT2D eigenvalue weighted by atomic mass is 10.2. The third-order valence-corrected chi connectivity index (χ3v) is 3.30. The number of rotatable bonds is 6. The highest BCUT2D eigenvalue weighted by Gasteiger charge is 2.14. The number of thiol groups is 1. The summed E-state index contributed by atoms with van der Waals surface area (Å²) < 4.78 is 5.87. The minimum atomic E-state index is -0.0922. The van der Waals surface area contributed by atoms with Gasteiger partial charge >= 0.3 is 0 Å². The zero-order valence-corrected chi connectivity index (χ0v) is 12.6. The summed E-state index contributed by atoms with van der Waals surface area (Å²) in [5.74, 6) is -0.0922. The highest BCUT2D eigenvalue weighted by molar-refractivity contribution is 9.10. The second-order valence-electron chi connectivity index (χ2n) is 3.73. The van der Waals surface area contributed by atoms with Crippen molar-refractivity contribution in [3.8, 4) is 0 Å². The molecular formula is C12H16BrNO3S. The Morgan fingerprint density at radius 2 is 2.22 bits per heavy atom. The van der Waals surface area contributed by atoms with Gasteiger partial charge in [0, 0.05) is 23.0 Å². The molecule has 1 amide bonds. The molecule has 0 heterocycles. The van der Waals surface area contributed by atoms with Gasteiger partial charge in [-0.3, -0.25) is 4.79 Å². The number of halogens is 1. The molecule has 4 nitrogen and oxygen atoms in total. The van der Waals surface area contributed by atoms with Crippen LogP contribution in [-0.2, 0) is 4.74 Å². The summed E-state index contributed by atoms with van der Waals surface area (Å²) in [6.07, 6.45) is 0. The van der Waals surface area contributed by atoms with Crippen LogP contribution in [0.5, 0.6) is 0 Å². The largest absolute Gasteiger partial charge is 0.394 e. The number of benzene rings is 1. The van der Waals surface area contributed by atoms with Crippen molar-refractivity contribution in [2.24, 2.45) is 0 Å². The molecule has 0 aliphatic carbocycles. The molecule has 0 spiro atoms. The molecule has 0 saturated heterocycles. The van der Waals surface area contributed by atoms with Crippen LogP contribution in [0.1, 0.15) is 10.4 Å². The van der Waals surface area contributed by atoms with Crippen molar-refractivity contribution in [2.75, 3.05) is 33.4 Å². The monoisotopic (exact) mass is 333 g/mol. The van der Waals surface area contributed by atoms with E-state index in [1.54, 1.807) is 24.1 Å². The number of amides is 1. The van der Waals surface area contributed by atoms with Crippen LogP contribution < -0.4 is 0 Å². The van der Waals surface area contributed by atoms with Gasteiger partial charge < -0.3 is 14.7 Å². The van der Waals surface area contributed by atoms with E-state index in [-0.39, 0.29) is 19.1 Å². The Kier molecular flexibility index (Phi) is 6.70. The number of aliphatic hydroxyl groups is 1. The van der Waals surface area contributed by atoms with Gasteiger partial charge in [0.15, 0.2) is 0 Å². The van der Waals surface area contributed by atoms with Crippen LogP contribution in [0, 0.1) is 0 Å². The molecule has 0 atom stereocenters. The van der Waals surface area contributed by atoms with Crippen molar-refractivity contribution in [3.05, 3.63) is 28.2 Å². The highest BCUT2D eigenvalue weighted by atomic mass is 79.9. The highest BCUT2D eigenvalue weighted by Crippen LogP contribution is 2.21. The van der Waals surface area contributed by atoms with E-state index in [1.165, 1.54) is 0 Å². The first-order chi connectivity index (χ1) is 8.56. The van der Waals surface area contributed by atoms with E-state index < -0.39 is 0 Å². The molecule has 1 N–H and O–H groups in total. The molecule has 0 aliphatic rings. The van der Waals surface area contributed by atoms with Crippen molar-refractivity contribution in [2.45, 2.75) is 4.90 Å². The predicted molar refractivity (Wildman–Crippen MR) is 76.3 cm³/mol. The zero-order valence-electron chi connectivity index (χ0n) is 10.1. The maximum atomic E-state index is 12.1. The molecule has 0 fully saturated rings. The van der Waals surface area contributed by atoms with Crippen molar-refractivity contribution in [1.29, 1.82) is 0 Å². The lowest BCUT2D eigenvalue weighted by Crippen LogP contribution is -2.30. The Morgan fingerprint density at radius 1 is 1.50 bits per heavy atom. The number of aliphatic hydroxyl groups excluding tert-OH is 1. The molecule has 0 aromatic heterocycles. The Morgan fingerprint density at radius 3 is 2.89 bits per heavy atom. The van der Waals surface area contributed by atoms with Gasteiger partial charge in [-0.15, -0.1) is 12.6 Å². The van der Waals surface area contributed by atoms with Crippen LogP contribution in [0.25, 0.3) is 0 Å². The number of likely N-dealkylation sites (N-methyl/N-ethyl adjacent to an activating group) is 1. The quantitative estimate of drug-likeness (QED) is 0.616. The fraction of sp³-hybridized carbons (Fsp3) is 0.417. The summed E-state index contributed by atoms with van der Waals surface area (Å²) in [7, 11) is 1.71. The number of carbonyl (C=O) groups excluding carboxylic acids is 1. The Balaban J connectivity index is 2.60. The fourth-order valence-corrected chi connectivity index (χ4v) is 1.97. The first kappa shape index (κ1) is 15.5. The maximum absolute atomic E-state index is 12.1. The van der Waals surface area contributed by atoms with E-state index in [4.69, 9.17) is 9.84 Å². The zero-order chi connectivity index (χ0) is 13.5. The van der Waals surface area contributed by atoms with E-state index >= 15 is 0 Å². The topological polar surface area (TPSA) is 49.8 Å². The van der Waals surface area contributed by atoms with Crippen molar-refractivity contribution >= 4 is 34.5 Å². The van der Waals surface area contributed by atoms with E-state index in [2.05, 4.69) is 28.6 Å². The van der Waals surface area contributed by atoms with Crippen LogP contribution in [-0.4, -0.2) is 49.3 Å². The molecule has 1 rings (SSSR count). The Labute approximate surface area is 120 Å². The van der Waals surface area contributed by atoms with Gasteiger partial charge in [-0.2, -0.15) is 0 Å². The average Bonchev–Trinajstić information content (AvgIpc) is 2.36. The fourth-order valence-electron chi connectivity index (χ4n) is 1.35. The molecule has 1 aromatic rings.